The average Bonchev–Trinajstić information content (AvgIpc) is 2.53. The second kappa shape index (κ2) is 4.60. The lowest BCUT2D eigenvalue weighted by Gasteiger charge is -2.19. The Bertz CT molecular complexity index is 995. The van der Waals surface area contributed by atoms with Gasteiger partial charge in [0.15, 0.2) is 5.75 Å². The first-order valence-electron chi connectivity index (χ1n) is 6.33. The SMILES string of the molecule is O=c1oc2ccc([N+](=O)[O-])cc2c2c1Sc1ccccc1O2. The van der Waals surface area contributed by atoms with E-state index in [0.29, 0.717) is 21.8 Å². The zero-order chi connectivity index (χ0) is 15.3. The molecule has 0 radical (unpaired) electrons. The third kappa shape index (κ3) is 1.86. The number of nitro benzene ring substituents is 1. The predicted molar refractivity (Wildman–Crippen MR) is 79.8 cm³/mol. The number of nitrogens with zero attached hydrogens (tertiary/aromatic N) is 1. The molecule has 3 aromatic rings. The van der Waals surface area contributed by atoms with Crippen LogP contribution in [-0.2, 0) is 0 Å². The van der Waals surface area contributed by atoms with Crippen LogP contribution in [0.5, 0.6) is 11.5 Å². The van der Waals surface area contributed by atoms with Crippen LogP contribution < -0.4 is 10.4 Å². The van der Waals surface area contributed by atoms with Gasteiger partial charge in [-0.15, -0.1) is 0 Å². The molecule has 4 rings (SSSR count). The minimum atomic E-state index is -0.518. The highest BCUT2D eigenvalue weighted by Crippen LogP contribution is 2.48. The molecule has 0 N–H and O–H groups in total. The second-order valence-corrected chi connectivity index (χ2v) is 5.69. The highest BCUT2D eigenvalue weighted by atomic mass is 32.2. The Kier molecular flexibility index (Phi) is 2.70. The number of ether oxygens (including phenoxy) is 1. The molecule has 7 heteroatoms. The number of hydrogen-bond acceptors (Lipinski definition) is 6. The monoisotopic (exact) mass is 313 g/mol. The van der Waals surface area contributed by atoms with Gasteiger partial charge in [-0.1, -0.05) is 23.9 Å². The molecule has 108 valence electrons. The summed E-state index contributed by atoms with van der Waals surface area (Å²) >= 11 is 1.24. The van der Waals surface area contributed by atoms with Gasteiger partial charge in [0.2, 0.25) is 0 Å². The van der Waals surface area contributed by atoms with Gasteiger partial charge in [0.1, 0.15) is 16.2 Å². The van der Waals surface area contributed by atoms with E-state index < -0.39 is 10.5 Å². The van der Waals surface area contributed by atoms with Crippen LogP contribution in [0.1, 0.15) is 0 Å². The molecule has 0 bridgehead atoms. The molecule has 1 aliphatic heterocycles. The van der Waals surface area contributed by atoms with Crippen molar-refractivity contribution in [1.29, 1.82) is 0 Å². The first-order valence-corrected chi connectivity index (χ1v) is 7.15. The summed E-state index contributed by atoms with van der Waals surface area (Å²) in [5.41, 5.74) is -0.346. The van der Waals surface area contributed by atoms with Crippen LogP contribution >= 0.6 is 11.8 Å². The van der Waals surface area contributed by atoms with E-state index in [9.17, 15) is 14.9 Å². The van der Waals surface area contributed by atoms with Crippen LogP contribution in [0.25, 0.3) is 11.0 Å². The van der Waals surface area contributed by atoms with Crippen LogP contribution in [0.3, 0.4) is 0 Å². The van der Waals surface area contributed by atoms with E-state index in [1.54, 1.807) is 6.07 Å². The van der Waals surface area contributed by atoms with Gasteiger partial charge >= 0.3 is 5.63 Å². The molecule has 0 unspecified atom stereocenters. The zero-order valence-electron chi connectivity index (χ0n) is 10.9. The molecular weight excluding hydrogens is 306 g/mol. The van der Waals surface area contributed by atoms with E-state index in [1.165, 1.54) is 30.0 Å². The normalized spacial score (nSPS) is 12.4. The first kappa shape index (κ1) is 12.9. The van der Waals surface area contributed by atoms with Crippen molar-refractivity contribution in [3.63, 3.8) is 0 Å². The van der Waals surface area contributed by atoms with Crippen LogP contribution in [0.15, 0.2) is 61.5 Å². The van der Waals surface area contributed by atoms with Crippen LogP contribution in [-0.4, -0.2) is 4.92 Å². The molecular formula is C15H7NO5S. The largest absolute Gasteiger partial charge is 0.454 e. The smallest absolute Gasteiger partial charge is 0.354 e. The standard InChI is InChI=1S/C15H7NO5S/c17-15-14-13(20-11-3-1-2-4-12(11)22-14)9-7-8(16(18)19)5-6-10(9)21-15/h1-7H. The molecule has 2 heterocycles. The summed E-state index contributed by atoms with van der Waals surface area (Å²) in [6, 6.07) is 11.3. The lowest BCUT2D eigenvalue weighted by Crippen LogP contribution is -2.08. The first-order chi connectivity index (χ1) is 10.6. The second-order valence-electron chi connectivity index (χ2n) is 4.64. The van der Waals surface area contributed by atoms with E-state index in [2.05, 4.69) is 0 Å². The fourth-order valence-electron chi connectivity index (χ4n) is 2.29. The van der Waals surface area contributed by atoms with E-state index >= 15 is 0 Å². The highest BCUT2D eigenvalue weighted by Gasteiger charge is 2.25. The zero-order valence-corrected chi connectivity index (χ0v) is 11.8. The van der Waals surface area contributed by atoms with Crippen LogP contribution in [0, 0.1) is 10.1 Å². The van der Waals surface area contributed by atoms with E-state index in [-0.39, 0.29) is 11.3 Å². The molecule has 0 amide bonds. The van der Waals surface area contributed by atoms with Gasteiger partial charge in [0.05, 0.1) is 15.2 Å². The van der Waals surface area contributed by atoms with Crippen molar-refractivity contribution in [1.82, 2.24) is 0 Å². The van der Waals surface area contributed by atoms with Crippen LogP contribution in [0.2, 0.25) is 0 Å². The van der Waals surface area contributed by atoms with Crippen molar-refractivity contribution in [2.75, 3.05) is 0 Å². The van der Waals surface area contributed by atoms with Gasteiger partial charge in [-0.3, -0.25) is 10.1 Å². The van der Waals surface area contributed by atoms with Gasteiger partial charge < -0.3 is 9.15 Å². The fourth-order valence-corrected chi connectivity index (χ4v) is 3.23. The maximum absolute atomic E-state index is 12.1. The molecule has 6 nitrogen and oxygen atoms in total. The highest BCUT2D eigenvalue weighted by molar-refractivity contribution is 7.99. The van der Waals surface area contributed by atoms with E-state index in [4.69, 9.17) is 9.15 Å². The number of fused-ring (bicyclic) bond motifs is 4. The summed E-state index contributed by atoms with van der Waals surface area (Å²) in [6.45, 7) is 0. The fraction of sp³-hybridized carbons (Fsp3) is 0. The van der Waals surface area contributed by atoms with Gasteiger partial charge in [-0.25, -0.2) is 4.79 Å². The van der Waals surface area contributed by atoms with Gasteiger partial charge in [-0.2, -0.15) is 0 Å². The summed E-state index contributed by atoms with van der Waals surface area (Å²) in [5, 5.41) is 11.4. The number of rotatable bonds is 1. The van der Waals surface area contributed by atoms with Gasteiger partial charge in [0.25, 0.3) is 5.69 Å². The molecule has 22 heavy (non-hydrogen) atoms. The molecule has 0 fully saturated rings. The van der Waals surface area contributed by atoms with Crippen molar-refractivity contribution < 1.29 is 14.1 Å². The summed E-state index contributed by atoms with van der Waals surface area (Å²) in [7, 11) is 0. The number of nitro groups is 1. The van der Waals surface area contributed by atoms with Gasteiger partial charge in [-0.05, 0) is 18.2 Å². The molecule has 0 spiro atoms. The van der Waals surface area contributed by atoms with E-state index in [0.717, 1.165) is 4.90 Å². The van der Waals surface area contributed by atoms with Crippen LogP contribution in [0.4, 0.5) is 5.69 Å². The average molecular weight is 313 g/mol. The molecule has 1 aliphatic rings. The van der Waals surface area contributed by atoms with Crippen molar-refractivity contribution in [2.24, 2.45) is 0 Å². The lowest BCUT2D eigenvalue weighted by atomic mass is 10.2. The Morgan fingerprint density at radius 3 is 2.77 bits per heavy atom. The molecule has 1 aromatic heterocycles. The Morgan fingerprint density at radius 1 is 1.14 bits per heavy atom. The molecule has 0 saturated carbocycles. The Balaban J connectivity index is 2.02. The summed E-state index contributed by atoms with van der Waals surface area (Å²) < 4.78 is 11.0. The molecule has 0 aliphatic carbocycles. The maximum atomic E-state index is 12.1. The van der Waals surface area contributed by atoms with Crippen molar-refractivity contribution in [3.05, 3.63) is 63.0 Å². The lowest BCUT2D eigenvalue weighted by molar-refractivity contribution is -0.384. The quantitative estimate of drug-likeness (QED) is 0.300. The van der Waals surface area contributed by atoms with Crippen molar-refractivity contribution >= 4 is 28.4 Å². The summed E-state index contributed by atoms with van der Waals surface area (Å²) in [5.74, 6) is 0.914. The third-order valence-corrected chi connectivity index (χ3v) is 4.40. The Labute approximate surface area is 127 Å². The number of hydrogen-bond donors (Lipinski definition) is 0. The van der Waals surface area contributed by atoms with E-state index in [1.807, 2.05) is 18.2 Å². The Morgan fingerprint density at radius 2 is 1.95 bits per heavy atom. The Hall–Kier alpha value is -2.80. The van der Waals surface area contributed by atoms with Gasteiger partial charge in [0, 0.05) is 12.1 Å². The summed E-state index contributed by atoms with van der Waals surface area (Å²) in [6.07, 6.45) is 0. The van der Waals surface area contributed by atoms with Crippen molar-refractivity contribution in [3.8, 4) is 11.5 Å². The molecule has 2 aromatic carbocycles. The molecule has 0 saturated heterocycles. The predicted octanol–water partition coefficient (Wildman–Crippen LogP) is 3.96. The number of benzene rings is 2. The summed E-state index contributed by atoms with van der Waals surface area (Å²) in [4.78, 5) is 23.6. The molecule has 0 atom stereocenters. The topological polar surface area (TPSA) is 82.6 Å². The number of para-hydroxylation sites is 1. The van der Waals surface area contributed by atoms with Crippen molar-refractivity contribution in [2.45, 2.75) is 9.79 Å². The minimum Gasteiger partial charge on any atom is -0.454 e. The third-order valence-electron chi connectivity index (χ3n) is 3.29. The number of non-ortho nitro benzene ring substituents is 1. The minimum absolute atomic E-state index is 0.0870. The maximum Gasteiger partial charge on any atom is 0.354 e.